The lowest BCUT2D eigenvalue weighted by molar-refractivity contribution is 0.0696. The molecule has 19 heavy (non-hydrogen) atoms. The van der Waals surface area contributed by atoms with Crippen LogP contribution in [0.4, 0.5) is 13.2 Å². The molecular formula is C12H7F3O4. The average molecular weight is 272 g/mol. The van der Waals surface area contributed by atoms with Crippen LogP contribution in [0.2, 0.25) is 0 Å². The molecule has 0 fully saturated rings. The molecule has 4 nitrogen and oxygen atoms in total. The van der Waals surface area contributed by atoms with E-state index in [4.69, 9.17) is 9.52 Å². The van der Waals surface area contributed by atoms with Crippen molar-refractivity contribution < 1.29 is 32.2 Å². The van der Waals surface area contributed by atoms with Gasteiger partial charge < -0.3 is 14.3 Å². The van der Waals surface area contributed by atoms with Gasteiger partial charge in [0.1, 0.15) is 12.0 Å². The van der Waals surface area contributed by atoms with E-state index in [1.165, 1.54) is 0 Å². The van der Waals surface area contributed by atoms with Crippen LogP contribution in [-0.4, -0.2) is 18.2 Å². The summed E-state index contributed by atoms with van der Waals surface area (Å²) in [4.78, 5) is 10.7. The van der Waals surface area contributed by atoms with Crippen LogP contribution in [0.1, 0.15) is 10.4 Å². The number of rotatable bonds is 3. The van der Waals surface area contributed by atoms with Crippen molar-refractivity contribution in [3.8, 4) is 17.1 Å². The van der Waals surface area contributed by atoms with E-state index < -0.39 is 34.7 Å². The van der Waals surface area contributed by atoms with Crippen molar-refractivity contribution in [1.29, 1.82) is 0 Å². The van der Waals surface area contributed by atoms with Crippen molar-refractivity contribution in [2.75, 3.05) is 7.11 Å². The molecule has 7 heteroatoms. The first-order valence-electron chi connectivity index (χ1n) is 4.99. The molecule has 0 radical (unpaired) electrons. The van der Waals surface area contributed by atoms with Crippen LogP contribution in [0.5, 0.6) is 5.75 Å². The third kappa shape index (κ3) is 2.14. The Balaban J connectivity index is 2.61. The number of carboxylic acids is 1. The van der Waals surface area contributed by atoms with E-state index in [2.05, 4.69) is 4.74 Å². The fraction of sp³-hybridized carbons (Fsp3) is 0.0833. The van der Waals surface area contributed by atoms with Gasteiger partial charge >= 0.3 is 5.97 Å². The molecule has 0 aliphatic rings. The second-order valence-corrected chi connectivity index (χ2v) is 3.57. The largest absolute Gasteiger partial charge is 0.491 e. The zero-order valence-corrected chi connectivity index (χ0v) is 9.54. The highest BCUT2D eigenvalue weighted by Gasteiger charge is 2.22. The summed E-state index contributed by atoms with van der Waals surface area (Å²) < 4.78 is 49.6. The topological polar surface area (TPSA) is 59.7 Å². The monoisotopic (exact) mass is 272 g/mol. The lowest BCUT2D eigenvalue weighted by atomic mass is 10.1. The van der Waals surface area contributed by atoms with Crippen molar-refractivity contribution in [2.24, 2.45) is 0 Å². The lowest BCUT2D eigenvalue weighted by Crippen LogP contribution is -1.98. The van der Waals surface area contributed by atoms with Crippen LogP contribution in [0.25, 0.3) is 11.3 Å². The van der Waals surface area contributed by atoms with E-state index in [1.54, 1.807) is 0 Å². The summed E-state index contributed by atoms with van der Waals surface area (Å²) in [6, 6.07) is 1.56. The highest BCUT2D eigenvalue weighted by Crippen LogP contribution is 2.34. The van der Waals surface area contributed by atoms with Gasteiger partial charge in [0, 0.05) is 0 Å². The molecule has 0 aliphatic carbocycles. The second-order valence-electron chi connectivity index (χ2n) is 3.57. The molecule has 0 spiro atoms. The molecule has 0 atom stereocenters. The number of halogens is 3. The third-order valence-electron chi connectivity index (χ3n) is 2.43. The maximum Gasteiger partial charge on any atom is 0.338 e. The molecule has 0 saturated carbocycles. The Morgan fingerprint density at radius 1 is 1.26 bits per heavy atom. The van der Waals surface area contributed by atoms with Crippen molar-refractivity contribution >= 4 is 5.97 Å². The Labute approximate surface area is 105 Å². The van der Waals surface area contributed by atoms with E-state index in [-0.39, 0.29) is 11.3 Å². The van der Waals surface area contributed by atoms with Gasteiger partial charge in [-0.3, -0.25) is 0 Å². The molecule has 100 valence electrons. The van der Waals surface area contributed by atoms with Crippen molar-refractivity contribution in [1.82, 2.24) is 0 Å². The standard InChI is InChI=1S/C12H7F3O4/c1-18-11-9(14)6(3-7(13)10(11)15)8-2-5(4-19-8)12(16)17/h2-4H,1H3,(H,16,17). The number of hydrogen-bond donors (Lipinski definition) is 1. The molecule has 2 aromatic rings. The quantitative estimate of drug-likeness (QED) is 0.872. The predicted octanol–water partition coefficient (Wildman–Crippen LogP) is 3.07. The summed E-state index contributed by atoms with van der Waals surface area (Å²) in [5.41, 5.74) is -0.665. The number of aromatic carboxylic acids is 1. The fourth-order valence-electron chi connectivity index (χ4n) is 1.53. The summed E-state index contributed by atoms with van der Waals surface area (Å²) >= 11 is 0. The maximum atomic E-state index is 13.9. The van der Waals surface area contributed by atoms with Gasteiger partial charge in [0.2, 0.25) is 5.82 Å². The van der Waals surface area contributed by atoms with Crippen LogP contribution >= 0.6 is 0 Å². The van der Waals surface area contributed by atoms with Gasteiger partial charge in [-0.25, -0.2) is 13.6 Å². The minimum absolute atomic E-state index is 0.238. The minimum Gasteiger partial charge on any atom is -0.491 e. The van der Waals surface area contributed by atoms with Crippen LogP contribution in [0.3, 0.4) is 0 Å². The summed E-state index contributed by atoms with van der Waals surface area (Å²) in [5.74, 6) is -6.40. The molecule has 0 aliphatic heterocycles. The van der Waals surface area contributed by atoms with Crippen molar-refractivity contribution in [2.45, 2.75) is 0 Å². The first-order valence-corrected chi connectivity index (χ1v) is 4.99. The number of benzene rings is 1. The zero-order valence-electron chi connectivity index (χ0n) is 9.54. The van der Waals surface area contributed by atoms with Gasteiger partial charge in [0.15, 0.2) is 17.4 Å². The van der Waals surface area contributed by atoms with E-state index in [9.17, 15) is 18.0 Å². The van der Waals surface area contributed by atoms with Crippen molar-refractivity contribution in [3.05, 3.63) is 41.4 Å². The molecule has 0 unspecified atom stereocenters. The SMILES string of the molecule is COc1c(F)c(F)cc(-c2cc(C(=O)O)co2)c1F. The molecule has 2 rings (SSSR count). The molecule has 0 amide bonds. The normalized spacial score (nSPS) is 10.5. The summed E-state index contributed by atoms with van der Waals surface area (Å²) in [6.07, 6.45) is 0.866. The van der Waals surface area contributed by atoms with Crippen LogP contribution in [-0.2, 0) is 0 Å². The molecular weight excluding hydrogens is 265 g/mol. The Morgan fingerprint density at radius 2 is 1.95 bits per heavy atom. The lowest BCUT2D eigenvalue weighted by Gasteiger charge is -2.07. The second kappa shape index (κ2) is 4.68. The van der Waals surface area contributed by atoms with Gasteiger partial charge in [-0.1, -0.05) is 0 Å². The number of furan rings is 1. The maximum absolute atomic E-state index is 13.9. The van der Waals surface area contributed by atoms with Crippen LogP contribution < -0.4 is 4.74 Å². The van der Waals surface area contributed by atoms with Crippen LogP contribution in [0.15, 0.2) is 22.8 Å². The van der Waals surface area contributed by atoms with E-state index in [0.29, 0.717) is 6.07 Å². The highest BCUT2D eigenvalue weighted by atomic mass is 19.2. The van der Waals surface area contributed by atoms with Gasteiger partial charge in [0.25, 0.3) is 0 Å². The summed E-state index contributed by atoms with van der Waals surface area (Å²) in [6.45, 7) is 0. The Hall–Kier alpha value is -2.44. The number of carboxylic acid groups (broad SMARTS) is 1. The van der Waals surface area contributed by atoms with Gasteiger partial charge in [0.05, 0.1) is 18.2 Å². The summed E-state index contributed by atoms with van der Waals surface area (Å²) in [5, 5.41) is 8.70. The fourth-order valence-corrected chi connectivity index (χ4v) is 1.53. The highest BCUT2D eigenvalue weighted by molar-refractivity contribution is 5.88. The number of hydrogen-bond acceptors (Lipinski definition) is 3. The average Bonchev–Trinajstić information content (AvgIpc) is 2.84. The van der Waals surface area contributed by atoms with Crippen molar-refractivity contribution in [3.63, 3.8) is 0 Å². The van der Waals surface area contributed by atoms with E-state index in [1.807, 2.05) is 0 Å². The minimum atomic E-state index is -1.46. The molecule has 0 saturated heterocycles. The Morgan fingerprint density at radius 3 is 2.47 bits per heavy atom. The van der Waals surface area contributed by atoms with Gasteiger partial charge in [-0.05, 0) is 12.1 Å². The Kier molecular flexibility index (Phi) is 3.20. The molecule has 0 bridgehead atoms. The van der Waals surface area contributed by atoms with E-state index >= 15 is 0 Å². The molecule has 1 aromatic carbocycles. The predicted molar refractivity (Wildman–Crippen MR) is 57.5 cm³/mol. The third-order valence-corrected chi connectivity index (χ3v) is 2.43. The molecule has 1 N–H and O–H groups in total. The zero-order chi connectivity index (χ0) is 14.2. The molecule has 1 aromatic heterocycles. The summed E-state index contributed by atoms with van der Waals surface area (Å²) in [7, 11) is 0.982. The Bertz CT molecular complexity index is 649. The number of carbonyl (C=O) groups is 1. The molecule has 1 heterocycles. The van der Waals surface area contributed by atoms with E-state index in [0.717, 1.165) is 19.4 Å². The smallest absolute Gasteiger partial charge is 0.338 e. The first kappa shape index (κ1) is 13.0. The van der Waals surface area contributed by atoms with Crippen LogP contribution in [0, 0.1) is 17.5 Å². The first-order chi connectivity index (χ1) is 8.95. The van der Waals surface area contributed by atoms with Gasteiger partial charge in [-0.15, -0.1) is 0 Å². The number of ether oxygens (including phenoxy) is 1. The van der Waals surface area contributed by atoms with Gasteiger partial charge in [-0.2, -0.15) is 4.39 Å². The number of methoxy groups -OCH3 is 1.